The van der Waals surface area contributed by atoms with E-state index in [0.717, 1.165) is 6.07 Å². The van der Waals surface area contributed by atoms with Crippen molar-refractivity contribution in [3.05, 3.63) is 53.3 Å². The summed E-state index contributed by atoms with van der Waals surface area (Å²) in [6.07, 6.45) is 3.03. The van der Waals surface area contributed by atoms with Crippen molar-refractivity contribution in [1.29, 1.82) is 0 Å². The molecule has 0 radical (unpaired) electrons. The summed E-state index contributed by atoms with van der Waals surface area (Å²) in [6, 6.07) is 7.15. The van der Waals surface area contributed by atoms with Crippen LogP contribution in [0.2, 0.25) is 5.02 Å². The fraction of sp³-hybridized carbons (Fsp3) is 0. The molecular formula is C12H10ClN3O3S. The van der Waals surface area contributed by atoms with E-state index in [1.165, 1.54) is 18.3 Å². The summed E-state index contributed by atoms with van der Waals surface area (Å²) >= 11 is 5.74. The van der Waals surface area contributed by atoms with E-state index in [1.54, 1.807) is 18.3 Å². The Morgan fingerprint density at radius 2 is 2.05 bits per heavy atom. The summed E-state index contributed by atoms with van der Waals surface area (Å²) in [5.74, 6) is -0.487. The van der Waals surface area contributed by atoms with E-state index in [9.17, 15) is 13.2 Å². The molecule has 1 aromatic heterocycles. The van der Waals surface area contributed by atoms with Crippen molar-refractivity contribution in [2.24, 2.45) is 5.14 Å². The number of amides is 1. The minimum Gasteiger partial charge on any atom is -0.321 e. The lowest BCUT2D eigenvalue weighted by molar-refractivity contribution is 0.102. The van der Waals surface area contributed by atoms with Gasteiger partial charge >= 0.3 is 0 Å². The van der Waals surface area contributed by atoms with Crippen molar-refractivity contribution in [2.45, 2.75) is 4.90 Å². The van der Waals surface area contributed by atoms with Gasteiger partial charge in [-0.05, 0) is 30.3 Å². The van der Waals surface area contributed by atoms with Crippen LogP contribution >= 0.6 is 11.6 Å². The van der Waals surface area contributed by atoms with Crippen molar-refractivity contribution in [3.63, 3.8) is 0 Å². The Hall–Kier alpha value is -1.96. The van der Waals surface area contributed by atoms with Gasteiger partial charge in [0.25, 0.3) is 5.91 Å². The largest absolute Gasteiger partial charge is 0.321 e. The Balaban J connectivity index is 2.32. The molecule has 0 saturated carbocycles. The highest BCUT2D eigenvalue weighted by molar-refractivity contribution is 7.89. The topological polar surface area (TPSA) is 102 Å². The van der Waals surface area contributed by atoms with Crippen LogP contribution in [0.4, 0.5) is 5.69 Å². The summed E-state index contributed by atoms with van der Waals surface area (Å²) in [6.45, 7) is 0. The molecule has 8 heteroatoms. The molecule has 3 N–H and O–H groups in total. The van der Waals surface area contributed by atoms with Crippen LogP contribution in [0.15, 0.2) is 47.6 Å². The smallest absolute Gasteiger partial charge is 0.255 e. The number of nitrogens with zero attached hydrogens (tertiary/aromatic N) is 1. The van der Waals surface area contributed by atoms with Crippen LogP contribution in [0.1, 0.15) is 10.4 Å². The van der Waals surface area contributed by atoms with E-state index in [-0.39, 0.29) is 15.5 Å². The van der Waals surface area contributed by atoms with Crippen molar-refractivity contribution in [2.75, 3.05) is 5.32 Å². The molecule has 0 saturated heterocycles. The molecule has 104 valence electrons. The van der Waals surface area contributed by atoms with Crippen molar-refractivity contribution >= 4 is 33.2 Å². The molecule has 0 aliphatic rings. The van der Waals surface area contributed by atoms with Gasteiger partial charge < -0.3 is 5.32 Å². The quantitative estimate of drug-likeness (QED) is 0.899. The number of primary sulfonamides is 1. The molecule has 0 aliphatic carbocycles. The standard InChI is InChI=1S/C12H10ClN3O3S/c13-10-4-3-8(6-11(10)20(14,18)19)12(17)16-9-2-1-5-15-7-9/h1-7H,(H,16,17)(H2,14,18,19). The zero-order valence-electron chi connectivity index (χ0n) is 10.1. The minimum atomic E-state index is -3.99. The van der Waals surface area contributed by atoms with Crippen LogP contribution < -0.4 is 10.5 Å². The van der Waals surface area contributed by atoms with E-state index >= 15 is 0 Å². The number of carbonyl (C=O) groups is 1. The number of anilines is 1. The Labute approximate surface area is 120 Å². The second-order valence-corrected chi connectivity index (χ2v) is 5.82. The third kappa shape index (κ3) is 3.32. The maximum Gasteiger partial charge on any atom is 0.255 e. The molecule has 0 aliphatic heterocycles. The summed E-state index contributed by atoms with van der Waals surface area (Å²) in [4.78, 5) is 15.5. The number of nitrogens with one attached hydrogen (secondary N) is 1. The zero-order valence-corrected chi connectivity index (χ0v) is 11.6. The molecule has 2 aromatic rings. The zero-order chi connectivity index (χ0) is 14.8. The molecule has 2 rings (SSSR count). The first-order valence-electron chi connectivity index (χ1n) is 5.41. The molecule has 6 nitrogen and oxygen atoms in total. The molecule has 0 atom stereocenters. The average Bonchev–Trinajstić information content (AvgIpc) is 2.39. The number of aromatic nitrogens is 1. The second kappa shape index (κ2) is 5.58. The summed E-state index contributed by atoms with van der Waals surface area (Å²) in [7, 11) is -3.99. The minimum absolute atomic E-state index is 0.0366. The Kier molecular flexibility index (Phi) is 4.03. The molecule has 0 bridgehead atoms. The number of hydrogen-bond donors (Lipinski definition) is 2. The predicted octanol–water partition coefficient (Wildman–Crippen LogP) is 1.63. The van der Waals surface area contributed by atoms with Gasteiger partial charge in [-0.25, -0.2) is 13.6 Å². The third-order valence-corrected chi connectivity index (χ3v) is 3.81. The monoisotopic (exact) mass is 311 g/mol. The van der Waals surface area contributed by atoms with Crippen LogP contribution in [0.3, 0.4) is 0 Å². The highest BCUT2D eigenvalue weighted by Crippen LogP contribution is 2.22. The summed E-state index contributed by atoms with van der Waals surface area (Å²) in [5.41, 5.74) is 0.617. The van der Waals surface area contributed by atoms with Gasteiger partial charge in [0.2, 0.25) is 10.0 Å². The van der Waals surface area contributed by atoms with Crippen LogP contribution in [-0.2, 0) is 10.0 Å². The number of pyridine rings is 1. The number of carbonyl (C=O) groups excluding carboxylic acids is 1. The number of halogens is 1. The van der Waals surface area contributed by atoms with Crippen molar-refractivity contribution in [1.82, 2.24) is 4.98 Å². The first-order chi connectivity index (χ1) is 9.38. The van der Waals surface area contributed by atoms with Gasteiger partial charge in [0.1, 0.15) is 4.90 Å². The Morgan fingerprint density at radius 3 is 2.65 bits per heavy atom. The number of nitrogens with two attached hydrogens (primary N) is 1. The predicted molar refractivity (Wildman–Crippen MR) is 75.0 cm³/mol. The molecule has 1 heterocycles. The van der Waals surface area contributed by atoms with Crippen molar-refractivity contribution in [3.8, 4) is 0 Å². The maximum atomic E-state index is 12.0. The third-order valence-electron chi connectivity index (χ3n) is 2.42. The SMILES string of the molecule is NS(=O)(=O)c1cc(C(=O)Nc2cccnc2)ccc1Cl. The molecule has 0 spiro atoms. The van der Waals surface area contributed by atoms with Gasteiger partial charge in [-0.1, -0.05) is 11.6 Å². The fourth-order valence-electron chi connectivity index (χ4n) is 1.50. The van der Waals surface area contributed by atoms with Gasteiger partial charge in [-0.3, -0.25) is 9.78 Å². The lowest BCUT2D eigenvalue weighted by atomic mass is 10.2. The number of benzene rings is 1. The van der Waals surface area contributed by atoms with Gasteiger partial charge in [0.15, 0.2) is 0 Å². The normalized spacial score (nSPS) is 11.1. The van der Waals surface area contributed by atoms with Gasteiger partial charge in [-0.15, -0.1) is 0 Å². The second-order valence-electron chi connectivity index (χ2n) is 3.89. The fourth-order valence-corrected chi connectivity index (χ4v) is 2.57. The Morgan fingerprint density at radius 1 is 1.30 bits per heavy atom. The van der Waals surface area contributed by atoms with Gasteiger partial charge in [-0.2, -0.15) is 0 Å². The van der Waals surface area contributed by atoms with Crippen LogP contribution in [0.5, 0.6) is 0 Å². The van der Waals surface area contributed by atoms with Crippen LogP contribution in [-0.4, -0.2) is 19.3 Å². The highest BCUT2D eigenvalue weighted by Gasteiger charge is 2.16. The van der Waals surface area contributed by atoms with E-state index in [0.29, 0.717) is 5.69 Å². The van der Waals surface area contributed by atoms with E-state index in [1.807, 2.05) is 0 Å². The number of hydrogen-bond acceptors (Lipinski definition) is 4. The summed E-state index contributed by atoms with van der Waals surface area (Å²) in [5, 5.41) is 7.56. The van der Waals surface area contributed by atoms with Gasteiger partial charge in [0.05, 0.1) is 16.9 Å². The highest BCUT2D eigenvalue weighted by atomic mass is 35.5. The molecule has 1 aromatic carbocycles. The Bertz CT molecular complexity index is 748. The van der Waals surface area contributed by atoms with Gasteiger partial charge in [0, 0.05) is 11.8 Å². The maximum absolute atomic E-state index is 12.0. The summed E-state index contributed by atoms with van der Waals surface area (Å²) < 4.78 is 22.7. The molecule has 0 fully saturated rings. The van der Waals surface area contributed by atoms with Crippen LogP contribution in [0.25, 0.3) is 0 Å². The van der Waals surface area contributed by atoms with E-state index in [2.05, 4.69) is 10.3 Å². The van der Waals surface area contributed by atoms with E-state index in [4.69, 9.17) is 16.7 Å². The molecule has 20 heavy (non-hydrogen) atoms. The van der Waals surface area contributed by atoms with Crippen LogP contribution in [0, 0.1) is 0 Å². The molecule has 0 unspecified atom stereocenters. The first-order valence-corrected chi connectivity index (χ1v) is 7.34. The number of rotatable bonds is 3. The van der Waals surface area contributed by atoms with Crippen molar-refractivity contribution < 1.29 is 13.2 Å². The lowest BCUT2D eigenvalue weighted by Crippen LogP contribution is -2.16. The van der Waals surface area contributed by atoms with E-state index < -0.39 is 15.9 Å². The molecule has 1 amide bonds. The first kappa shape index (κ1) is 14.4. The lowest BCUT2D eigenvalue weighted by Gasteiger charge is -2.07. The average molecular weight is 312 g/mol. The number of sulfonamides is 1. The molecular weight excluding hydrogens is 302 g/mol.